The molecular weight excluding hydrogens is 551 g/mol. The Bertz CT molecular complexity index is 1140. The summed E-state index contributed by atoms with van der Waals surface area (Å²) in [6.45, 7) is 4.02. The number of hydrogen-bond acceptors (Lipinski definition) is 4. The standard InChI is InChI=1S/2C8H8OS.2C6H5.Sn/c2*1-6-2-4-7(5-3-6)8(9)10;2*1-2-4-6-5-3-1;/h2*2-5H,1H3,(H,9,10);2*1-5H;/q;;;;+2/p-2. The zero-order valence-electron chi connectivity index (χ0n) is 18.5. The Kier molecular flexibility index (Phi) is 7.78. The van der Waals surface area contributed by atoms with Gasteiger partial charge in [-0.1, -0.05) is 0 Å². The Hall–Kier alpha value is -2.28. The van der Waals surface area contributed by atoms with Gasteiger partial charge in [0, 0.05) is 0 Å². The first-order chi connectivity index (χ1) is 16.0. The molecule has 4 aromatic rings. The average molecular weight is 575 g/mol. The fourth-order valence-corrected chi connectivity index (χ4v) is 28.0. The van der Waals surface area contributed by atoms with Crippen LogP contribution in [0.5, 0.6) is 0 Å². The van der Waals surface area contributed by atoms with Gasteiger partial charge in [0.15, 0.2) is 0 Å². The van der Waals surface area contributed by atoms with E-state index in [4.69, 9.17) is 0 Å². The Morgan fingerprint density at radius 3 is 1.18 bits per heavy atom. The fraction of sp³-hybridized carbons (Fsp3) is 0.0714. The van der Waals surface area contributed by atoms with Crippen molar-refractivity contribution >= 4 is 50.9 Å². The van der Waals surface area contributed by atoms with Gasteiger partial charge in [-0.05, 0) is 0 Å². The third kappa shape index (κ3) is 5.62. The molecule has 0 heterocycles. The van der Waals surface area contributed by atoms with E-state index in [9.17, 15) is 9.59 Å². The van der Waals surface area contributed by atoms with E-state index in [2.05, 4.69) is 24.3 Å². The molecule has 0 radical (unpaired) electrons. The van der Waals surface area contributed by atoms with Crippen molar-refractivity contribution in [3.05, 3.63) is 131 Å². The molecule has 0 aliphatic carbocycles. The maximum atomic E-state index is 13.6. The molecule has 0 N–H and O–H groups in total. The van der Waals surface area contributed by atoms with Crippen LogP contribution in [0.4, 0.5) is 0 Å². The first kappa shape index (κ1) is 23.9. The Labute approximate surface area is 204 Å². The van der Waals surface area contributed by atoms with Crippen LogP contribution in [0, 0.1) is 13.8 Å². The topological polar surface area (TPSA) is 34.1 Å². The van der Waals surface area contributed by atoms with E-state index in [1.165, 1.54) is 17.9 Å². The molecule has 0 aliphatic rings. The summed E-state index contributed by atoms with van der Waals surface area (Å²) in [7, 11) is 2.79. The first-order valence-electron chi connectivity index (χ1n) is 10.7. The molecular formula is C28H24O2S2Sn. The van der Waals surface area contributed by atoms with E-state index >= 15 is 0 Å². The number of carbonyl (C=O) groups is 2. The van der Waals surface area contributed by atoms with Crippen molar-refractivity contribution in [2.45, 2.75) is 13.8 Å². The quantitative estimate of drug-likeness (QED) is 0.264. The molecule has 0 atom stereocenters. The van der Waals surface area contributed by atoms with Crippen molar-refractivity contribution in [2.24, 2.45) is 0 Å². The molecule has 0 bridgehead atoms. The predicted octanol–water partition coefficient (Wildman–Crippen LogP) is 6.01. The monoisotopic (exact) mass is 576 g/mol. The number of rotatable bonds is 6. The molecule has 0 aromatic heterocycles. The third-order valence-corrected chi connectivity index (χ3v) is 30.8. The third-order valence-electron chi connectivity index (χ3n) is 5.36. The molecule has 0 spiro atoms. The second-order valence-electron chi connectivity index (χ2n) is 7.86. The van der Waals surface area contributed by atoms with Crippen molar-refractivity contribution < 1.29 is 9.59 Å². The van der Waals surface area contributed by atoms with Gasteiger partial charge in [-0.15, -0.1) is 0 Å². The van der Waals surface area contributed by atoms with E-state index in [0.717, 1.165) is 18.3 Å². The Morgan fingerprint density at radius 1 is 0.515 bits per heavy atom. The van der Waals surface area contributed by atoms with Crippen molar-refractivity contribution in [2.75, 3.05) is 0 Å². The van der Waals surface area contributed by atoms with Crippen LogP contribution in [0.15, 0.2) is 109 Å². The minimum atomic E-state index is -3.95. The molecule has 4 aromatic carbocycles. The van der Waals surface area contributed by atoms with Crippen LogP contribution < -0.4 is 7.16 Å². The fourth-order valence-electron chi connectivity index (χ4n) is 3.50. The number of benzene rings is 4. The summed E-state index contributed by atoms with van der Waals surface area (Å²) in [6.07, 6.45) is 0. The molecule has 0 saturated heterocycles. The predicted molar refractivity (Wildman–Crippen MR) is 144 cm³/mol. The maximum absolute atomic E-state index is 13.6. The van der Waals surface area contributed by atoms with Crippen LogP contribution in [-0.4, -0.2) is 25.8 Å². The molecule has 4 rings (SSSR count). The number of carbonyl (C=O) groups excluding carboxylic acids is 2. The van der Waals surface area contributed by atoms with Crippen molar-refractivity contribution in [3.8, 4) is 0 Å². The number of aryl methyl sites for hydroxylation is 2. The SMILES string of the molecule is Cc1ccc(C(=O)[S][Sn]([S]C(=O)c2ccc(C)cc2)([c]2ccccc2)[c]2ccccc2)cc1. The summed E-state index contributed by atoms with van der Waals surface area (Å²) in [5, 5.41) is 0.0328. The van der Waals surface area contributed by atoms with E-state index in [1.807, 2.05) is 98.8 Å². The average Bonchev–Trinajstić information content (AvgIpc) is 2.85. The van der Waals surface area contributed by atoms with Crippen LogP contribution in [0.1, 0.15) is 31.8 Å². The molecule has 5 heteroatoms. The molecule has 164 valence electrons. The number of hydrogen-bond donors (Lipinski definition) is 0. The molecule has 0 fully saturated rings. The van der Waals surface area contributed by atoms with Crippen molar-refractivity contribution in [1.29, 1.82) is 0 Å². The van der Waals surface area contributed by atoms with Crippen LogP contribution in [0.25, 0.3) is 0 Å². The summed E-state index contributed by atoms with van der Waals surface area (Å²) in [6, 6.07) is 35.6. The van der Waals surface area contributed by atoms with E-state index < -0.39 is 15.6 Å². The zero-order chi connectivity index (χ0) is 23.3. The van der Waals surface area contributed by atoms with Crippen LogP contribution in [0.3, 0.4) is 0 Å². The summed E-state index contributed by atoms with van der Waals surface area (Å²) in [5.41, 5.74) is 3.56. The second kappa shape index (κ2) is 10.8. The van der Waals surface area contributed by atoms with Gasteiger partial charge in [-0.3, -0.25) is 0 Å². The van der Waals surface area contributed by atoms with Crippen molar-refractivity contribution in [3.63, 3.8) is 0 Å². The van der Waals surface area contributed by atoms with Gasteiger partial charge >= 0.3 is 206 Å². The van der Waals surface area contributed by atoms with Gasteiger partial charge in [-0.25, -0.2) is 0 Å². The zero-order valence-corrected chi connectivity index (χ0v) is 23.0. The van der Waals surface area contributed by atoms with Crippen LogP contribution >= 0.6 is 17.9 Å². The molecule has 2 nitrogen and oxygen atoms in total. The summed E-state index contributed by atoms with van der Waals surface area (Å²) in [4.78, 5) is 27.1. The van der Waals surface area contributed by atoms with Crippen molar-refractivity contribution in [1.82, 2.24) is 0 Å². The van der Waals surface area contributed by atoms with Gasteiger partial charge < -0.3 is 0 Å². The van der Waals surface area contributed by atoms with Gasteiger partial charge in [0.05, 0.1) is 0 Å². The normalized spacial score (nSPS) is 11.2. The molecule has 0 saturated carbocycles. The van der Waals surface area contributed by atoms with E-state index in [-0.39, 0.29) is 10.2 Å². The Balaban J connectivity index is 1.83. The van der Waals surface area contributed by atoms with Gasteiger partial charge in [-0.2, -0.15) is 0 Å². The van der Waals surface area contributed by atoms with E-state index in [1.54, 1.807) is 0 Å². The summed E-state index contributed by atoms with van der Waals surface area (Å²) in [5.74, 6) is 0. The molecule has 0 amide bonds. The van der Waals surface area contributed by atoms with Gasteiger partial charge in [0.2, 0.25) is 0 Å². The second-order valence-corrected chi connectivity index (χ2v) is 29.3. The molecule has 33 heavy (non-hydrogen) atoms. The summed E-state index contributed by atoms with van der Waals surface area (Å²) >= 11 is -3.95. The minimum absolute atomic E-state index is 0.0164. The van der Waals surface area contributed by atoms with Crippen LogP contribution in [0.2, 0.25) is 0 Å². The Morgan fingerprint density at radius 2 is 0.848 bits per heavy atom. The first-order valence-corrected chi connectivity index (χ1v) is 22.2. The molecule has 0 unspecified atom stereocenters. The van der Waals surface area contributed by atoms with Gasteiger partial charge in [0.25, 0.3) is 0 Å². The van der Waals surface area contributed by atoms with Crippen LogP contribution in [-0.2, 0) is 0 Å². The molecule has 0 aliphatic heterocycles. The van der Waals surface area contributed by atoms with E-state index in [0.29, 0.717) is 11.1 Å². The van der Waals surface area contributed by atoms with Gasteiger partial charge in [0.1, 0.15) is 0 Å². The summed E-state index contributed by atoms with van der Waals surface area (Å²) < 4.78 is 2.21.